The second-order valence-corrected chi connectivity index (χ2v) is 7.09. The Balaban J connectivity index is 1.46. The van der Waals surface area contributed by atoms with Crippen molar-refractivity contribution in [3.8, 4) is 5.69 Å². The van der Waals surface area contributed by atoms with E-state index in [1.54, 1.807) is 0 Å². The third-order valence-electron chi connectivity index (χ3n) is 5.24. The second kappa shape index (κ2) is 8.54. The van der Waals surface area contributed by atoms with Crippen molar-refractivity contribution < 1.29 is 4.74 Å². The number of para-hydroxylation sites is 1. The maximum atomic E-state index is 5.47. The van der Waals surface area contributed by atoms with E-state index in [2.05, 4.69) is 47.2 Å². The Morgan fingerprint density at radius 3 is 2.57 bits per heavy atom. The summed E-state index contributed by atoms with van der Waals surface area (Å²) in [6, 6.07) is 14.4. The molecular weight excluding hydrogens is 350 g/mol. The number of ether oxygens (including phenoxy) is 1. The minimum atomic E-state index is 0.764. The highest BCUT2D eigenvalue weighted by Gasteiger charge is 2.16. The van der Waals surface area contributed by atoms with Crippen molar-refractivity contribution in [1.82, 2.24) is 20.1 Å². The van der Waals surface area contributed by atoms with E-state index >= 15 is 0 Å². The highest BCUT2D eigenvalue weighted by atomic mass is 16.5. The number of nitrogens with one attached hydrogen (secondary N) is 1. The average molecular weight is 377 g/mol. The van der Waals surface area contributed by atoms with Crippen LogP contribution in [0.1, 0.15) is 22.5 Å². The number of rotatable bonds is 6. The molecule has 1 aromatic carbocycles. The smallest absolute Gasteiger partial charge is 0.133 e. The molecule has 1 aliphatic rings. The predicted octanol–water partition coefficient (Wildman–Crippen LogP) is 3.01. The van der Waals surface area contributed by atoms with Crippen LogP contribution in [-0.2, 0) is 17.8 Å². The molecule has 1 saturated heterocycles. The number of anilines is 1. The zero-order valence-corrected chi connectivity index (χ0v) is 16.6. The molecule has 3 aromatic rings. The summed E-state index contributed by atoms with van der Waals surface area (Å²) >= 11 is 0. The lowest BCUT2D eigenvalue weighted by atomic mass is 10.1. The van der Waals surface area contributed by atoms with Crippen molar-refractivity contribution in [2.24, 2.45) is 0 Å². The first-order valence-electron chi connectivity index (χ1n) is 9.82. The van der Waals surface area contributed by atoms with Crippen molar-refractivity contribution in [1.29, 1.82) is 0 Å². The van der Waals surface area contributed by atoms with Crippen LogP contribution >= 0.6 is 0 Å². The van der Waals surface area contributed by atoms with Crippen LogP contribution in [0.4, 0.5) is 5.82 Å². The van der Waals surface area contributed by atoms with Gasteiger partial charge in [0.25, 0.3) is 0 Å². The highest BCUT2D eigenvalue weighted by molar-refractivity contribution is 5.47. The van der Waals surface area contributed by atoms with E-state index in [4.69, 9.17) is 9.84 Å². The summed E-state index contributed by atoms with van der Waals surface area (Å²) in [6.07, 6.45) is 1.87. The average Bonchev–Trinajstić information content (AvgIpc) is 3.04. The van der Waals surface area contributed by atoms with Crippen LogP contribution in [0.25, 0.3) is 5.69 Å². The van der Waals surface area contributed by atoms with E-state index in [1.165, 1.54) is 16.8 Å². The maximum Gasteiger partial charge on any atom is 0.133 e. The molecular formula is C22H27N5O. The first kappa shape index (κ1) is 18.7. The van der Waals surface area contributed by atoms with Gasteiger partial charge in [-0.3, -0.25) is 0 Å². The molecule has 0 radical (unpaired) electrons. The van der Waals surface area contributed by atoms with E-state index in [0.717, 1.165) is 56.6 Å². The summed E-state index contributed by atoms with van der Waals surface area (Å²) in [5, 5.41) is 8.33. The molecule has 1 fully saturated rings. The van der Waals surface area contributed by atoms with Crippen LogP contribution in [0.3, 0.4) is 0 Å². The van der Waals surface area contributed by atoms with Gasteiger partial charge < -0.3 is 15.0 Å². The summed E-state index contributed by atoms with van der Waals surface area (Å²) < 4.78 is 7.49. The first-order valence-corrected chi connectivity index (χ1v) is 9.82. The first-order chi connectivity index (χ1) is 13.7. The monoisotopic (exact) mass is 377 g/mol. The van der Waals surface area contributed by atoms with Crippen molar-refractivity contribution in [2.75, 3.05) is 31.2 Å². The summed E-state index contributed by atoms with van der Waals surface area (Å²) in [6.45, 7) is 9.08. The standard InChI is InChI=1S/C22H27N5O/c1-17-21(18(2)27(25-17)20-8-4-3-5-9-20)16-23-15-19-7-6-10-24-22(19)26-11-13-28-14-12-26/h3-10,23H,11-16H2,1-2H3. The zero-order valence-electron chi connectivity index (χ0n) is 16.6. The van der Waals surface area contributed by atoms with Crippen LogP contribution in [0.2, 0.25) is 0 Å². The highest BCUT2D eigenvalue weighted by Crippen LogP contribution is 2.20. The Bertz CT molecular complexity index is 916. The number of morpholine rings is 1. The van der Waals surface area contributed by atoms with Gasteiger partial charge in [0, 0.05) is 49.2 Å². The van der Waals surface area contributed by atoms with Crippen LogP contribution in [-0.4, -0.2) is 41.1 Å². The van der Waals surface area contributed by atoms with Gasteiger partial charge >= 0.3 is 0 Å². The van der Waals surface area contributed by atoms with Crippen molar-refractivity contribution in [3.63, 3.8) is 0 Å². The molecule has 0 saturated carbocycles. The molecule has 0 bridgehead atoms. The quantitative estimate of drug-likeness (QED) is 0.716. The molecule has 6 nitrogen and oxygen atoms in total. The minimum absolute atomic E-state index is 0.764. The second-order valence-electron chi connectivity index (χ2n) is 7.09. The SMILES string of the molecule is Cc1nn(-c2ccccc2)c(C)c1CNCc1cccnc1N1CCOCC1. The van der Waals surface area contributed by atoms with Crippen molar-refractivity contribution >= 4 is 5.82 Å². The number of pyridine rings is 1. The van der Waals surface area contributed by atoms with E-state index in [9.17, 15) is 0 Å². The van der Waals surface area contributed by atoms with Gasteiger partial charge in [0.15, 0.2) is 0 Å². The van der Waals surface area contributed by atoms with E-state index in [-0.39, 0.29) is 0 Å². The molecule has 146 valence electrons. The van der Waals surface area contributed by atoms with E-state index in [1.807, 2.05) is 35.1 Å². The lowest BCUT2D eigenvalue weighted by Crippen LogP contribution is -2.37. The fraction of sp³-hybridized carbons (Fsp3) is 0.364. The summed E-state index contributed by atoms with van der Waals surface area (Å²) in [7, 11) is 0. The van der Waals surface area contributed by atoms with Gasteiger partial charge in [-0.25, -0.2) is 9.67 Å². The molecule has 28 heavy (non-hydrogen) atoms. The van der Waals surface area contributed by atoms with Gasteiger partial charge in [0.2, 0.25) is 0 Å². The Morgan fingerprint density at radius 1 is 1.00 bits per heavy atom. The Kier molecular flexibility index (Phi) is 5.69. The van der Waals surface area contributed by atoms with E-state index < -0.39 is 0 Å². The van der Waals surface area contributed by atoms with Gasteiger partial charge in [-0.1, -0.05) is 24.3 Å². The fourth-order valence-electron chi connectivity index (χ4n) is 3.70. The largest absolute Gasteiger partial charge is 0.378 e. The topological polar surface area (TPSA) is 55.2 Å². The lowest BCUT2D eigenvalue weighted by Gasteiger charge is -2.29. The Labute approximate surface area is 166 Å². The number of nitrogens with zero attached hydrogens (tertiary/aromatic N) is 4. The third-order valence-corrected chi connectivity index (χ3v) is 5.24. The molecule has 0 aliphatic carbocycles. The third kappa shape index (κ3) is 3.93. The molecule has 4 rings (SSSR count). The number of hydrogen-bond donors (Lipinski definition) is 1. The predicted molar refractivity (Wildman–Crippen MR) is 111 cm³/mol. The van der Waals surface area contributed by atoms with Crippen molar-refractivity contribution in [2.45, 2.75) is 26.9 Å². The number of aryl methyl sites for hydroxylation is 1. The molecule has 3 heterocycles. The summed E-state index contributed by atoms with van der Waals surface area (Å²) in [4.78, 5) is 6.93. The zero-order chi connectivity index (χ0) is 19.3. The van der Waals surface area contributed by atoms with Crippen LogP contribution in [0, 0.1) is 13.8 Å². The molecule has 0 atom stereocenters. The molecule has 0 unspecified atom stereocenters. The van der Waals surface area contributed by atoms with Crippen molar-refractivity contribution in [3.05, 3.63) is 71.2 Å². The van der Waals surface area contributed by atoms with Crippen LogP contribution < -0.4 is 10.2 Å². The Hall–Kier alpha value is -2.70. The minimum Gasteiger partial charge on any atom is -0.378 e. The van der Waals surface area contributed by atoms with Gasteiger partial charge in [-0.15, -0.1) is 0 Å². The summed E-state index contributed by atoms with van der Waals surface area (Å²) in [5.74, 6) is 1.06. The number of benzene rings is 1. The van der Waals surface area contributed by atoms with Gasteiger partial charge in [0.1, 0.15) is 5.82 Å². The van der Waals surface area contributed by atoms with Gasteiger partial charge in [-0.2, -0.15) is 5.10 Å². The summed E-state index contributed by atoms with van der Waals surface area (Å²) in [5.41, 5.74) is 5.80. The van der Waals surface area contributed by atoms with Gasteiger partial charge in [0.05, 0.1) is 24.6 Å². The van der Waals surface area contributed by atoms with Gasteiger partial charge in [-0.05, 0) is 32.0 Å². The molecule has 1 aliphatic heterocycles. The Morgan fingerprint density at radius 2 is 1.79 bits per heavy atom. The van der Waals surface area contributed by atoms with E-state index in [0.29, 0.717) is 0 Å². The fourth-order valence-corrected chi connectivity index (χ4v) is 3.70. The molecule has 0 spiro atoms. The van der Waals surface area contributed by atoms with Crippen LogP contribution in [0.5, 0.6) is 0 Å². The molecule has 6 heteroatoms. The number of aromatic nitrogens is 3. The molecule has 1 N–H and O–H groups in total. The maximum absolute atomic E-state index is 5.47. The molecule has 2 aromatic heterocycles. The van der Waals surface area contributed by atoms with Crippen LogP contribution in [0.15, 0.2) is 48.7 Å². The molecule has 0 amide bonds. The number of hydrogen-bond acceptors (Lipinski definition) is 5. The normalized spacial score (nSPS) is 14.4. The lowest BCUT2D eigenvalue weighted by molar-refractivity contribution is 0.122.